The van der Waals surface area contributed by atoms with Crippen molar-refractivity contribution in [2.24, 2.45) is 0 Å². The minimum absolute atomic E-state index is 0.00629. The lowest BCUT2D eigenvalue weighted by Crippen LogP contribution is -2.38. The summed E-state index contributed by atoms with van der Waals surface area (Å²) in [6, 6.07) is 1.86. The van der Waals surface area contributed by atoms with Gasteiger partial charge in [0.15, 0.2) is 5.13 Å². The Balaban J connectivity index is 1.79. The van der Waals surface area contributed by atoms with Crippen molar-refractivity contribution < 1.29 is 8.42 Å². The van der Waals surface area contributed by atoms with Gasteiger partial charge >= 0.3 is 0 Å². The van der Waals surface area contributed by atoms with Gasteiger partial charge in [0.1, 0.15) is 11.6 Å². The number of nitrogens with zero attached hydrogens (tertiary/aromatic N) is 5. The topological polar surface area (TPSA) is 91.3 Å². The molecular formula is C15H22N6O2S2. The standard InChI is InChI=1S/C15H22N6O2S2/c1-10-7-13(19-15-17-11(2)9-24-15)18-14(16-10)12-5-6-21(8-12)25(22,23)20(3)4/h7,9,12H,5-6,8H2,1-4H3,(H,16,17,18,19)/t12-/m1/s1. The maximum Gasteiger partial charge on any atom is 0.281 e. The first kappa shape index (κ1) is 18.2. The summed E-state index contributed by atoms with van der Waals surface area (Å²) in [4.78, 5) is 13.5. The second-order valence-electron chi connectivity index (χ2n) is 6.31. The number of hydrogen-bond acceptors (Lipinski definition) is 7. The SMILES string of the molecule is Cc1cc(Nc2nc(C)cs2)nc([C@@H]2CCN(S(=O)(=O)N(C)C)C2)n1. The maximum atomic E-state index is 12.3. The highest BCUT2D eigenvalue weighted by atomic mass is 32.2. The van der Waals surface area contributed by atoms with Gasteiger partial charge in [0.25, 0.3) is 10.2 Å². The molecule has 1 aliphatic rings. The van der Waals surface area contributed by atoms with E-state index < -0.39 is 10.2 Å². The summed E-state index contributed by atoms with van der Waals surface area (Å²) in [6.07, 6.45) is 0.715. The molecule has 0 bridgehead atoms. The lowest BCUT2D eigenvalue weighted by Gasteiger charge is -2.20. The van der Waals surface area contributed by atoms with Crippen molar-refractivity contribution in [1.82, 2.24) is 23.6 Å². The molecule has 0 unspecified atom stereocenters. The zero-order chi connectivity index (χ0) is 18.2. The van der Waals surface area contributed by atoms with E-state index in [-0.39, 0.29) is 5.92 Å². The summed E-state index contributed by atoms with van der Waals surface area (Å²) < 4.78 is 27.3. The molecule has 0 radical (unpaired) electrons. The Morgan fingerprint density at radius 3 is 2.64 bits per heavy atom. The van der Waals surface area contributed by atoms with E-state index in [2.05, 4.69) is 20.3 Å². The molecule has 10 heteroatoms. The van der Waals surface area contributed by atoms with Crippen LogP contribution < -0.4 is 5.32 Å². The average Bonchev–Trinajstić information content (AvgIpc) is 3.16. The van der Waals surface area contributed by atoms with Crippen molar-refractivity contribution in [2.75, 3.05) is 32.5 Å². The molecule has 3 rings (SSSR count). The minimum atomic E-state index is -3.40. The summed E-state index contributed by atoms with van der Waals surface area (Å²) >= 11 is 1.52. The van der Waals surface area contributed by atoms with Crippen molar-refractivity contribution in [3.05, 3.63) is 28.7 Å². The molecule has 0 spiro atoms. The third-order valence-corrected chi connectivity index (χ3v) is 6.81. The van der Waals surface area contributed by atoms with Gasteiger partial charge in [0.2, 0.25) is 0 Å². The molecular weight excluding hydrogens is 360 g/mol. The second-order valence-corrected chi connectivity index (χ2v) is 9.31. The molecule has 2 aromatic heterocycles. The highest BCUT2D eigenvalue weighted by Crippen LogP contribution is 2.29. The number of thiazole rings is 1. The van der Waals surface area contributed by atoms with Crippen molar-refractivity contribution in [1.29, 1.82) is 0 Å². The van der Waals surface area contributed by atoms with Crippen LogP contribution in [0.2, 0.25) is 0 Å². The van der Waals surface area contributed by atoms with Gasteiger partial charge < -0.3 is 5.32 Å². The third kappa shape index (κ3) is 3.97. The third-order valence-electron chi connectivity index (χ3n) is 4.03. The summed E-state index contributed by atoms with van der Waals surface area (Å²) in [5.41, 5.74) is 1.80. The largest absolute Gasteiger partial charge is 0.316 e. The predicted molar refractivity (Wildman–Crippen MR) is 98.4 cm³/mol. The highest BCUT2D eigenvalue weighted by Gasteiger charge is 2.34. The van der Waals surface area contributed by atoms with Crippen molar-refractivity contribution in [3.8, 4) is 0 Å². The van der Waals surface area contributed by atoms with Crippen LogP contribution in [0.3, 0.4) is 0 Å². The van der Waals surface area contributed by atoms with Crippen molar-refractivity contribution in [2.45, 2.75) is 26.2 Å². The molecule has 0 aliphatic carbocycles. The van der Waals surface area contributed by atoms with Gasteiger partial charge in [-0.2, -0.15) is 17.0 Å². The second kappa shape index (κ2) is 6.94. The van der Waals surface area contributed by atoms with Gasteiger partial charge in [-0.25, -0.2) is 15.0 Å². The number of anilines is 2. The smallest absolute Gasteiger partial charge is 0.281 e. The predicted octanol–water partition coefficient (Wildman–Crippen LogP) is 1.89. The van der Waals surface area contributed by atoms with Crippen LogP contribution in [0.15, 0.2) is 11.4 Å². The summed E-state index contributed by atoms with van der Waals surface area (Å²) in [7, 11) is -0.305. The van der Waals surface area contributed by atoms with Gasteiger partial charge in [0, 0.05) is 50.2 Å². The number of aryl methyl sites for hydroxylation is 2. The van der Waals surface area contributed by atoms with Crippen LogP contribution in [0.25, 0.3) is 0 Å². The molecule has 25 heavy (non-hydrogen) atoms. The van der Waals surface area contributed by atoms with Crippen LogP contribution in [-0.4, -0.2) is 59.2 Å². The molecule has 1 saturated heterocycles. The quantitative estimate of drug-likeness (QED) is 0.849. The normalized spacial score (nSPS) is 18.8. The summed E-state index contributed by atoms with van der Waals surface area (Å²) in [5.74, 6) is 1.35. The van der Waals surface area contributed by atoms with Crippen molar-refractivity contribution in [3.63, 3.8) is 0 Å². The Morgan fingerprint density at radius 2 is 2.00 bits per heavy atom. The lowest BCUT2D eigenvalue weighted by molar-refractivity contribution is 0.418. The number of nitrogens with one attached hydrogen (secondary N) is 1. The van der Waals surface area contributed by atoms with Gasteiger partial charge in [-0.3, -0.25) is 0 Å². The number of hydrogen-bond donors (Lipinski definition) is 1. The van der Waals surface area contributed by atoms with Gasteiger partial charge in [-0.15, -0.1) is 11.3 Å². The fraction of sp³-hybridized carbons (Fsp3) is 0.533. The Hall–Kier alpha value is -1.62. The maximum absolute atomic E-state index is 12.3. The van der Waals surface area contributed by atoms with Crippen LogP contribution in [0.5, 0.6) is 0 Å². The highest BCUT2D eigenvalue weighted by molar-refractivity contribution is 7.86. The monoisotopic (exact) mass is 382 g/mol. The van der Waals surface area contributed by atoms with Crippen LogP contribution in [0.1, 0.15) is 29.6 Å². The van der Waals surface area contributed by atoms with Gasteiger partial charge in [0.05, 0.1) is 5.69 Å². The first-order valence-electron chi connectivity index (χ1n) is 7.98. The van der Waals surface area contributed by atoms with Crippen LogP contribution >= 0.6 is 11.3 Å². The molecule has 1 fully saturated rings. The first-order valence-corrected chi connectivity index (χ1v) is 10.3. The van der Waals surface area contributed by atoms with E-state index in [0.29, 0.717) is 31.2 Å². The van der Waals surface area contributed by atoms with Gasteiger partial charge in [-0.05, 0) is 20.3 Å². The van der Waals surface area contributed by atoms with Crippen molar-refractivity contribution >= 4 is 32.5 Å². The molecule has 3 heterocycles. The van der Waals surface area contributed by atoms with E-state index in [1.54, 1.807) is 14.1 Å². The van der Waals surface area contributed by atoms with E-state index in [1.165, 1.54) is 19.9 Å². The van der Waals surface area contributed by atoms with E-state index in [9.17, 15) is 8.42 Å². The fourth-order valence-electron chi connectivity index (χ4n) is 2.74. The Morgan fingerprint density at radius 1 is 1.24 bits per heavy atom. The average molecular weight is 383 g/mol. The first-order chi connectivity index (χ1) is 11.8. The Labute approximate surface area is 152 Å². The zero-order valence-corrected chi connectivity index (χ0v) is 16.4. The van der Waals surface area contributed by atoms with E-state index >= 15 is 0 Å². The zero-order valence-electron chi connectivity index (χ0n) is 14.7. The molecule has 1 N–H and O–H groups in total. The summed E-state index contributed by atoms with van der Waals surface area (Å²) in [6.45, 7) is 4.74. The van der Waals surface area contributed by atoms with Crippen LogP contribution in [0, 0.1) is 13.8 Å². The van der Waals surface area contributed by atoms with E-state index in [1.807, 2.05) is 25.3 Å². The number of aromatic nitrogens is 3. The Kier molecular flexibility index (Phi) is 5.05. The fourth-order valence-corrected chi connectivity index (χ4v) is 4.60. The van der Waals surface area contributed by atoms with E-state index in [0.717, 1.165) is 16.5 Å². The minimum Gasteiger partial charge on any atom is -0.316 e. The molecule has 2 aromatic rings. The summed E-state index contributed by atoms with van der Waals surface area (Å²) in [5, 5.41) is 5.96. The van der Waals surface area contributed by atoms with Gasteiger partial charge in [-0.1, -0.05) is 0 Å². The molecule has 0 amide bonds. The molecule has 0 saturated carbocycles. The molecule has 136 valence electrons. The van der Waals surface area contributed by atoms with Crippen LogP contribution in [0.4, 0.5) is 10.9 Å². The molecule has 8 nitrogen and oxygen atoms in total. The molecule has 1 atom stereocenters. The number of rotatable bonds is 5. The molecule has 1 aliphatic heterocycles. The lowest BCUT2D eigenvalue weighted by atomic mass is 10.1. The molecule has 0 aromatic carbocycles. The van der Waals surface area contributed by atoms with Crippen LogP contribution in [-0.2, 0) is 10.2 Å². The Bertz CT molecular complexity index is 865. The van der Waals surface area contributed by atoms with E-state index in [4.69, 9.17) is 0 Å².